The normalized spacial score (nSPS) is 10.0. The summed E-state index contributed by atoms with van der Waals surface area (Å²) in [7, 11) is 1.72. The van der Waals surface area contributed by atoms with Crippen molar-refractivity contribution >= 4 is 24.2 Å². The summed E-state index contributed by atoms with van der Waals surface area (Å²) in [6.07, 6.45) is 1.61. The van der Waals surface area contributed by atoms with Crippen molar-refractivity contribution in [2.24, 2.45) is 5.73 Å². The molecule has 0 saturated heterocycles. The second kappa shape index (κ2) is 10.5. The number of carbonyl (C=O) groups excluding carboxylic acids is 2. The van der Waals surface area contributed by atoms with E-state index in [0.717, 1.165) is 29.8 Å². The number of nitrogens with one attached hydrogen (secondary N) is 2. The van der Waals surface area contributed by atoms with Crippen LogP contribution in [0.4, 0.5) is 0 Å². The van der Waals surface area contributed by atoms with Gasteiger partial charge < -0.3 is 16.0 Å². The molecule has 2 aromatic rings. The van der Waals surface area contributed by atoms with Gasteiger partial charge in [-0.1, -0.05) is 30.3 Å². The van der Waals surface area contributed by atoms with Crippen molar-refractivity contribution in [3.8, 4) is 11.3 Å². The molecule has 1 heterocycles. The largest absolute Gasteiger partial charge is 0.346 e. The summed E-state index contributed by atoms with van der Waals surface area (Å²) in [6.45, 7) is 0.479. The fourth-order valence-electron chi connectivity index (χ4n) is 2.26. The standard InChI is InChI=1S/C17H23N5O2.ClH/c1-22(17(24)12-19-16(23)11-18)9-5-8-14-10-15(21-20-14)13-6-3-2-4-7-13;/h2-4,6-7,10H,5,8-9,11-12,18H2,1H3,(H,19,23)(H,20,21);1H. The van der Waals surface area contributed by atoms with E-state index in [2.05, 4.69) is 15.5 Å². The Bertz CT molecular complexity index is 675. The average molecular weight is 366 g/mol. The van der Waals surface area contributed by atoms with Crippen molar-refractivity contribution in [1.82, 2.24) is 20.4 Å². The third-order valence-corrected chi connectivity index (χ3v) is 3.69. The maximum absolute atomic E-state index is 11.8. The van der Waals surface area contributed by atoms with E-state index in [0.29, 0.717) is 6.54 Å². The van der Waals surface area contributed by atoms with Crippen LogP contribution in [0.15, 0.2) is 36.4 Å². The first-order valence-corrected chi connectivity index (χ1v) is 7.90. The van der Waals surface area contributed by atoms with Gasteiger partial charge in [0.05, 0.1) is 18.8 Å². The monoisotopic (exact) mass is 365 g/mol. The number of likely N-dealkylation sites (N-methyl/N-ethyl adjacent to an activating group) is 1. The third-order valence-electron chi connectivity index (χ3n) is 3.69. The molecule has 1 aromatic carbocycles. The Morgan fingerprint density at radius 3 is 2.68 bits per heavy atom. The molecule has 0 atom stereocenters. The maximum Gasteiger partial charge on any atom is 0.241 e. The Kier molecular flexibility index (Phi) is 8.66. The quantitative estimate of drug-likeness (QED) is 0.648. The number of hydrogen-bond donors (Lipinski definition) is 3. The molecule has 0 unspecified atom stereocenters. The fraction of sp³-hybridized carbons (Fsp3) is 0.353. The molecule has 0 fully saturated rings. The Labute approximate surface area is 153 Å². The van der Waals surface area contributed by atoms with Crippen molar-refractivity contribution in [2.45, 2.75) is 12.8 Å². The lowest BCUT2D eigenvalue weighted by Gasteiger charge is -2.17. The molecule has 0 saturated carbocycles. The molecule has 0 bridgehead atoms. The van der Waals surface area contributed by atoms with Crippen LogP contribution in [0.2, 0.25) is 0 Å². The molecule has 25 heavy (non-hydrogen) atoms. The van der Waals surface area contributed by atoms with Crippen LogP contribution in [0, 0.1) is 0 Å². The summed E-state index contributed by atoms with van der Waals surface area (Å²) in [6, 6.07) is 12.0. The molecular formula is C17H24ClN5O2. The van der Waals surface area contributed by atoms with Gasteiger partial charge in [-0.05, 0) is 18.9 Å². The number of rotatable bonds is 8. The van der Waals surface area contributed by atoms with Gasteiger partial charge in [0.25, 0.3) is 0 Å². The summed E-state index contributed by atoms with van der Waals surface area (Å²) in [5.41, 5.74) is 8.20. The van der Waals surface area contributed by atoms with Crippen LogP contribution in [-0.4, -0.2) is 53.6 Å². The Hall–Kier alpha value is -2.38. The highest BCUT2D eigenvalue weighted by Crippen LogP contribution is 2.17. The first-order chi connectivity index (χ1) is 11.6. The van der Waals surface area contributed by atoms with Crippen LogP contribution >= 0.6 is 12.4 Å². The van der Waals surface area contributed by atoms with E-state index >= 15 is 0 Å². The van der Waals surface area contributed by atoms with Crippen LogP contribution in [0.5, 0.6) is 0 Å². The van der Waals surface area contributed by atoms with E-state index in [1.165, 1.54) is 0 Å². The maximum atomic E-state index is 11.8. The lowest BCUT2D eigenvalue weighted by atomic mass is 10.1. The van der Waals surface area contributed by atoms with Gasteiger partial charge in [-0.2, -0.15) is 5.10 Å². The first kappa shape index (κ1) is 20.7. The Morgan fingerprint density at radius 2 is 2.00 bits per heavy atom. The number of carbonyl (C=O) groups is 2. The van der Waals surface area contributed by atoms with E-state index < -0.39 is 0 Å². The molecule has 7 nitrogen and oxygen atoms in total. The van der Waals surface area contributed by atoms with Crippen LogP contribution in [-0.2, 0) is 16.0 Å². The van der Waals surface area contributed by atoms with Crippen LogP contribution in [0.25, 0.3) is 11.3 Å². The van der Waals surface area contributed by atoms with Crippen LogP contribution < -0.4 is 11.1 Å². The van der Waals surface area contributed by atoms with Crippen molar-refractivity contribution in [3.05, 3.63) is 42.1 Å². The molecule has 0 spiro atoms. The number of aryl methyl sites for hydroxylation is 1. The number of benzene rings is 1. The molecule has 2 amide bonds. The first-order valence-electron chi connectivity index (χ1n) is 7.90. The van der Waals surface area contributed by atoms with Gasteiger partial charge in [-0.25, -0.2) is 0 Å². The topological polar surface area (TPSA) is 104 Å². The summed E-state index contributed by atoms with van der Waals surface area (Å²) < 4.78 is 0. The number of amides is 2. The summed E-state index contributed by atoms with van der Waals surface area (Å²) in [4.78, 5) is 24.5. The second-order valence-electron chi connectivity index (χ2n) is 5.54. The van der Waals surface area contributed by atoms with Crippen LogP contribution in [0.1, 0.15) is 12.1 Å². The molecule has 2 rings (SSSR count). The zero-order valence-corrected chi connectivity index (χ0v) is 15.0. The highest BCUT2D eigenvalue weighted by atomic mass is 35.5. The number of nitrogens with zero attached hydrogens (tertiary/aromatic N) is 2. The average Bonchev–Trinajstić information content (AvgIpc) is 3.08. The predicted octanol–water partition coefficient (Wildman–Crippen LogP) is 0.964. The number of hydrogen-bond acceptors (Lipinski definition) is 4. The number of nitrogens with two attached hydrogens (primary N) is 1. The highest BCUT2D eigenvalue weighted by Gasteiger charge is 2.10. The van der Waals surface area contributed by atoms with Gasteiger partial charge in [0.15, 0.2) is 0 Å². The zero-order chi connectivity index (χ0) is 17.4. The van der Waals surface area contributed by atoms with E-state index in [4.69, 9.17) is 5.73 Å². The van der Waals surface area contributed by atoms with E-state index in [-0.39, 0.29) is 37.3 Å². The van der Waals surface area contributed by atoms with Gasteiger partial charge in [-0.15, -0.1) is 12.4 Å². The molecule has 8 heteroatoms. The van der Waals surface area contributed by atoms with Crippen molar-refractivity contribution in [2.75, 3.05) is 26.7 Å². The number of aromatic amines is 1. The molecule has 0 radical (unpaired) electrons. The van der Waals surface area contributed by atoms with Gasteiger partial charge in [-0.3, -0.25) is 14.7 Å². The lowest BCUT2D eigenvalue weighted by molar-refractivity contribution is -0.131. The van der Waals surface area contributed by atoms with Gasteiger partial charge >= 0.3 is 0 Å². The molecule has 1 aromatic heterocycles. The van der Waals surface area contributed by atoms with Gasteiger partial charge in [0.1, 0.15) is 0 Å². The minimum atomic E-state index is -0.331. The Balaban J connectivity index is 0.00000312. The summed E-state index contributed by atoms with van der Waals surface area (Å²) in [5, 5.41) is 9.81. The lowest BCUT2D eigenvalue weighted by Crippen LogP contribution is -2.40. The molecular weight excluding hydrogens is 342 g/mol. The smallest absolute Gasteiger partial charge is 0.241 e. The summed E-state index contributed by atoms with van der Waals surface area (Å²) >= 11 is 0. The van der Waals surface area contributed by atoms with Crippen molar-refractivity contribution in [1.29, 1.82) is 0 Å². The van der Waals surface area contributed by atoms with Crippen LogP contribution in [0.3, 0.4) is 0 Å². The SMILES string of the molecule is CN(CCCc1cc(-c2ccccc2)n[nH]1)C(=O)CNC(=O)CN.Cl. The summed E-state index contributed by atoms with van der Waals surface area (Å²) in [5.74, 6) is -0.464. The molecule has 4 N–H and O–H groups in total. The third kappa shape index (κ3) is 6.56. The molecule has 0 aliphatic heterocycles. The second-order valence-corrected chi connectivity index (χ2v) is 5.54. The van der Waals surface area contributed by atoms with E-state index in [1.54, 1.807) is 11.9 Å². The fourth-order valence-corrected chi connectivity index (χ4v) is 2.26. The van der Waals surface area contributed by atoms with E-state index in [9.17, 15) is 9.59 Å². The van der Waals surface area contributed by atoms with Gasteiger partial charge in [0, 0.05) is 24.8 Å². The van der Waals surface area contributed by atoms with Gasteiger partial charge in [0.2, 0.25) is 11.8 Å². The predicted molar refractivity (Wildman–Crippen MR) is 99.3 cm³/mol. The Morgan fingerprint density at radius 1 is 1.28 bits per heavy atom. The minimum absolute atomic E-state index is 0. The molecule has 0 aliphatic carbocycles. The minimum Gasteiger partial charge on any atom is -0.346 e. The van der Waals surface area contributed by atoms with Crippen molar-refractivity contribution in [3.63, 3.8) is 0 Å². The van der Waals surface area contributed by atoms with Crippen molar-refractivity contribution < 1.29 is 9.59 Å². The molecule has 136 valence electrons. The highest BCUT2D eigenvalue weighted by molar-refractivity contribution is 5.85. The van der Waals surface area contributed by atoms with E-state index in [1.807, 2.05) is 36.4 Å². The number of H-pyrrole nitrogens is 1. The number of halogens is 1. The zero-order valence-electron chi connectivity index (χ0n) is 14.2. The molecule has 0 aliphatic rings. The number of aromatic nitrogens is 2.